The van der Waals surface area contributed by atoms with Gasteiger partial charge in [0.2, 0.25) is 0 Å². The molecule has 0 spiro atoms. The van der Waals surface area contributed by atoms with E-state index in [1.807, 2.05) is 13.0 Å². The summed E-state index contributed by atoms with van der Waals surface area (Å²) in [6.07, 6.45) is 6.31. The van der Waals surface area contributed by atoms with E-state index in [0.717, 1.165) is 17.7 Å². The van der Waals surface area contributed by atoms with Crippen LogP contribution < -0.4 is 10.1 Å². The summed E-state index contributed by atoms with van der Waals surface area (Å²) in [5.41, 5.74) is 1.10. The zero-order valence-corrected chi connectivity index (χ0v) is 12.8. The van der Waals surface area contributed by atoms with Gasteiger partial charge in [-0.15, -0.1) is 11.3 Å². The number of hydrogen-bond donors (Lipinski definition) is 1. The van der Waals surface area contributed by atoms with Crippen LogP contribution in [0.15, 0.2) is 18.2 Å². The van der Waals surface area contributed by atoms with Gasteiger partial charge in [-0.3, -0.25) is 0 Å². The Labute approximate surface area is 124 Å². The summed E-state index contributed by atoms with van der Waals surface area (Å²) < 4.78 is 6.79. The summed E-state index contributed by atoms with van der Waals surface area (Å²) in [5, 5.41) is 4.86. The fourth-order valence-corrected chi connectivity index (χ4v) is 3.80. The smallest absolute Gasteiger partial charge is 0.120 e. The van der Waals surface area contributed by atoms with Crippen molar-refractivity contribution in [1.29, 1.82) is 0 Å². The Morgan fingerprint density at radius 1 is 1.40 bits per heavy atom. The highest BCUT2D eigenvalue weighted by molar-refractivity contribution is 7.18. The highest BCUT2D eigenvalue weighted by Crippen LogP contribution is 2.27. The Kier molecular flexibility index (Phi) is 4.53. The molecule has 1 unspecified atom stereocenters. The molecule has 108 valence electrons. The standard InChI is InChI=1S/C16H22N2OS/c1-2-19-13-7-8-14-15(11-13)20-16(18-14)9-6-12-5-3-4-10-17-12/h7-8,11-12,17H,2-6,9-10H2,1H3. The number of aryl methyl sites for hydroxylation is 1. The quantitative estimate of drug-likeness (QED) is 0.910. The monoisotopic (exact) mass is 290 g/mol. The number of hydrogen-bond acceptors (Lipinski definition) is 4. The third-order valence-electron chi connectivity index (χ3n) is 3.83. The van der Waals surface area contributed by atoms with Crippen LogP contribution in [0.4, 0.5) is 0 Å². The summed E-state index contributed by atoms with van der Waals surface area (Å²) in [7, 11) is 0. The number of fused-ring (bicyclic) bond motifs is 1. The molecule has 0 radical (unpaired) electrons. The molecule has 20 heavy (non-hydrogen) atoms. The Morgan fingerprint density at radius 2 is 2.35 bits per heavy atom. The van der Waals surface area contributed by atoms with Crippen molar-refractivity contribution in [3.63, 3.8) is 0 Å². The maximum absolute atomic E-state index is 5.55. The normalized spacial score (nSPS) is 19.4. The first-order valence-corrected chi connectivity index (χ1v) is 8.42. The van der Waals surface area contributed by atoms with E-state index in [9.17, 15) is 0 Å². The van der Waals surface area contributed by atoms with Gasteiger partial charge in [-0.2, -0.15) is 0 Å². The van der Waals surface area contributed by atoms with Gasteiger partial charge in [-0.05, 0) is 50.9 Å². The van der Waals surface area contributed by atoms with E-state index in [1.54, 1.807) is 11.3 Å². The molecular weight excluding hydrogens is 268 g/mol. The van der Waals surface area contributed by atoms with Crippen molar-refractivity contribution in [3.8, 4) is 5.75 Å². The maximum Gasteiger partial charge on any atom is 0.120 e. The van der Waals surface area contributed by atoms with Gasteiger partial charge in [-0.1, -0.05) is 6.42 Å². The number of rotatable bonds is 5. The van der Waals surface area contributed by atoms with Crippen LogP contribution in [0.25, 0.3) is 10.2 Å². The van der Waals surface area contributed by atoms with Crippen LogP contribution in [-0.4, -0.2) is 24.2 Å². The molecule has 2 aromatic rings. The van der Waals surface area contributed by atoms with Gasteiger partial charge in [0.1, 0.15) is 5.75 Å². The minimum absolute atomic E-state index is 0.690. The molecule has 1 aliphatic heterocycles. The van der Waals surface area contributed by atoms with Crippen molar-refractivity contribution in [1.82, 2.24) is 10.3 Å². The zero-order valence-electron chi connectivity index (χ0n) is 12.0. The lowest BCUT2D eigenvalue weighted by molar-refractivity contribution is 0.341. The van der Waals surface area contributed by atoms with Gasteiger partial charge in [0.15, 0.2) is 0 Å². The van der Waals surface area contributed by atoms with Gasteiger partial charge in [-0.25, -0.2) is 4.98 Å². The largest absolute Gasteiger partial charge is 0.494 e. The van der Waals surface area contributed by atoms with E-state index in [-0.39, 0.29) is 0 Å². The van der Waals surface area contributed by atoms with Gasteiger partial charge in [0.05, 0.1) is 21.8 Å². The number of aromatic nitrogens is 1. The average Bonchev–Trinajstić information content (AvgIpc) is 2.89. The van der Waals surface area contributed by atoms with E-state index < -0.39 is 0 Å². The highest BCUT2D eigenvalue weighted by Gasteiger charge is 2.13. The Bertz CT molecular complexity index is 561. The molecule has 1 atom stereocenters. The lowest BCUT2D eigenvalue weighted by Gasteiger charge is -2.22. The van der Waals surface area contributed by atoms with E-state index in [0.29, 0.717) is 12.6 Å². The van der Waals surface area contributed by atoms with Crippen molar-refractivity contribution in [2.45, 2.75) is 45.1 Å². The van der Waals surface area contributed by atoms with Gasteiger partial charge < -0.3 is 10.1 Å². The molecule has 0 saturated carbocycles. The molecule has 1 N–H and O–H groups in total. The predicted molar refractivity (Wildman–Crippen MR) is 84.8 cm³/mol. The molecule has 0 aliphatic carbocycles. The molecule has 0 bridgehead atoms. The van der Waals surface area contributed by atoms with Crippen molar-refractivity contribution < 1.29 is 4.74 Å². The van der Waals surface area contributed by atoms with E-state index >= 15 is 0 Å². The fourth-order valence-electron chi connectivity index (χ4n) is 2.78. The van der Waals surface area contributed by atoms with Gasteiger partial charge >= 0.3 is 0 Å². The summed E-state index contributed by atoms with van der Waals surface area (Å²) in [5.74, 6) is 0.948. The van der Waals surface area contributed by atoms with Crippen LogP contribution in [0, 0.1) is 0 Å². The van der Waals surface area contributed by atoms with Crippen molar-refractivity contribution >= 4 is 21.6 Å². The van der Waals surface area contributed by atoms with Crippen molar-refractivity contribution in [2.75, 3.05) is 13.2 Å². The van der Waals surface area contributed by atoms with Crippen LogP contribution >= 0.6 is 11.3 Å². The first-order valence-electron chi connectivity index (χ1n) is 7.61. The molecule has 1 aromatic carbocycles. The van der Waals surface area contributed by atoms with Crippen molar-refractivity contribution in [2.24, 2.45) is 0 Å². The second-order valence-electron chi connectivity index (χ2n) is 5.36. The van der Waals surface area contributed by atoms with Gasteiger partial charge in [0, 0.05) is 12.5 Å². The number of piperidine rings is 1. The number of nitrogens with zero attached hydrogens (tertiary/aromatic N) is 1. The Balaban J connectivity index is 1.65. The van der Waals surface area contributed by atoms with Crippen LogP contribution in [0.2, 0.25) is 0 Å². The lowest BCUT2D eigenvalue weighted by Crippen LogP contribution is -2.34. The molecule has 1 aliphatic rings. The molecule has 1 aromatic heterocycles. The molecule has 3 rings (SSSR count). The second-order valence-corrected chi connectivity index (χ2v) is 6.47. The van der Waals surface area contributed by atoms with Crippen LogP contribution in [-0.2, 0) is 6.42 Å². The topological polar surface area (TPSA) is 34.1 Å². The summed E-state index contributed by atoms with van der Waals surface area (Å²) in [6, 6.07) is 6.88. The Hall–Kier alpha value is -1.13. The van der Waals surface area contributed by atoms with E-state index in [2.05, 4.69) is 17.4 Å². The molecular formula is C16H22N2OS. The fraction of sp³-hybridized carbons (Fsp3) is 0.562. The number of benzene rings is 1. The van der Waals surface area contributed by atoms with Gasteiger partial charge in [0.25, 0.3) is 0 Å². The molecule has 1 fully saturated rings. The van der Waals surface area contributed by atoms with E-state index in [1.165, 1.54) is 41.9 Å². The highest BCUT2D eigenvalue weighted by atomic mass is 32.1. The molecule has 1 saturated heterocycles. The predicted octanol–water partition coefficient (Wildman–Crippen LogP) is 3.77. The molecule has 4 heteroatoms. The average molecular weight is 290 g/mol. The molecule has 0 amide bonds. The SMILES string of the molecule is CCOc1ccc2nc(CCC3CCCCN3)sc2c1. The minimum Gasteiger partial charge on any atom is -0.494 e. The van der Waals surface area contributed by atoms with Crippen LogP contribution in [0.3, 0.4) is 0 Å². The number of ether oxygens (including phenoxy) is 1. The van der Waals surface area contributed by atoms with Crippen molar-refractivity contribution in [3.05, 3.63) is 23.2 Å². The van der Waals surface area contributed by atoms with Crippen LogP contribution in [0.1, 0.15) is 37.6 Å². The lowest BCUT2D eigenvalue weighted by atomic mass is 10.0. The maximum atomic E-state index is 5.55. The summed E-state index contributed by atoms with van der Waals surface area (Å²) in [4.78, 5) is 4.73. The third-order valence-corrected chi connectivity index (χ3v) is 4.91. The first-order chi connectivity index (χ1) is 9.85. The number of nitrogens with one attached hydrogen (secondary N) is 1. The first kappa shape index (κ1) is 13.8. The zero-order chi connectivity index (χ0) is 13.8. The molecule has 3 nitrogen and oxygen atoms in total. The second kappa shape index (κ2) is 6.55. The number of thiazole rings is 1. The van der Waals surface area contributed by atoms with E-state index in [4.69, 9.17) is 9.72 Å². The molecule has 2 heterocycles. The van der Waals surface area contributed by atoms with Crippen LogP contribution in [0.5, 0.6) is 5.75 Å². The summed E-state index contributed by atoms with van der Waals surface area (Å²) in [6.45, 7) is 3.91. The summed E-state index contributed by atoms with van der Waals surface area (Å²) >= 11 is 1.81. The Morgan fingerprint density at radius 3 is 3.15 bits per heavy atom. The minimum atomic E-state index is 0.690. The third kappa shape index (κ3) is 3.30.